The molecule has 1 fully saturated rings. The Balaban J connectivity index is 1.76. The summed E-state index contributed by atoms with van der Waals surface area (Å²) in [6, 6.07) is 8.42. The van der Waals surface area contributed by atoms with E-state index >= 15 is 0 Å². The Bertz CT molecular complexity index is 996. The van der Waals surface area contributed by atoms with Crippen molar-refractivity contribution in [1.82, 2.24) is 16.0 Å². The summed E-state index contributed by atoms with van der Waals surface area (Å²) in [5.41, 5.74) is 0.498. The summed E-state index contributed by atoms with van der Waals surface area (Å²) >= 11 is 0. The first-order valence-corrected chi connectivity index (χ1v) is 9.89. The van der Waals surface area contributed by atoms with Gasteiger partial charge in [-0.15, -0.1) is 0 Å². The number of carbonyl (C=O) groups excluding carboxylic acids is 4. The lowest BCUT2D eigenvalue weighted by molar-refractivity contribution is -0.139. The number of hydrogen-bond acceptors (Lipinski definition) is 5. The van der Waals surface area contributed by atoms with Gasteiger partial charge in [-0.3, -0.25) is 14.4 Å². The molecule has 0 bridgehead atoms. The molecule has 2 aromatic carbocycles. The highest BCUT2D eigenvalue weighted by Crippen LogP contribution is 2.18. The number of Topliss-reactive ketones (excluding diaryl/α,β-unsaturated/α-hetero) is 1. The minimum Gasteiger partial charge on any atom is -0.445 e. The van der Waals surface area contributed by atoms with Crippen molar-refractivity contribution in [2.75, 3.05) is 6.54 Å². The van der Waals surface area contributed by atoms with E-state index in [-0.39, 0.29) is 25.1 Å². The highest BCUT2D eigenvalue weighted by molar-refractivity contribution is 6.38. The first-order chi connectivity index (χ1) is 15.3. The molecular weight excluding hydrogens is 424 g/mol. The van der Waals surface area contributed by atoms with Crippen LogP contribution in [0.1, 0.15) is 30.0 Å². The average Bonchev–Trinajstić information content (AvgIpc) is 2.91. The molecule has 3 amide bonds. The van der Waals surface area contributed by atoms with Gasteiger partial charge in [0.1, 0.15) is 24.3 Å². The van der Waals surface area contributed by atoms with Gasteiger partial charge in [-0.25, -0.2) is 13.6 Å². The highest BCUT2D eigenvalue weighted by Gasteiger charge is 2.32. The molecule has 8 nitrogen and oxygen atoms in total. The largest absolute Gasteiger partial charge is 0.445 e. The molecule has 0 spiro atoms. The molecule has 1 heterocycles. The van der Waals surface area contributed by atoms with Crippen molar-refractivity contribution in [3.8, 4) is 0 Å². The third-order valence-electron chi connectivity index (χ3n) is 4.77. The maximum Gasteiger partial charge on any atom is 0.408 e. The first-order valence-electron chi connectivity index (χ1n) is 9.89. The average molecular weight is 445 g/mol. The number of nitrogens with one attached hydrogen (secondary N) is 3. The maximum absolute atomic E-state index is 13.8. The molecule has 1 saturated heterocycles. The fourth-order valence-corrected chi connectivity index (χ4v) is 3.20. The number of benzene rings is 2. The van der Waals surface area contributed by atoms with E-state index in [1.54, 1.807) is 30.3 Å². The number of alkyl carbamates (subject to hydrolysis) is 1. The molecule has 3 rings (SSSR count). The lowest BCUT2D eigenvalue weighted by Gasteiger charge is -2.22. The molecule has 168 valence electrons. The highest BCUT2D eigenvalue weighted by atomic mass is 19.1. The first kappa shape index (κ1) is 22.9. The van der Waals surface area contributed by atoms with Gasteiger partial charge in [0.2, 0.25) is 11.7 Å². The summed E-state index contributed by atoms with van der Waals surface area (Å²) in [4.78, 5) is 49.1. The Morgan fingerprint density at radius 2 is 1.78 bits per heavy atom. The van der Waals surface area contributed by atoms with Crippen LogP contribution in [0.2, 0.25) is 0 Å². The van der Waals surface area contributed by atoms with Crippen LogP contribution in [0.5, 0.6) is 0 Å². The number of halogens is 2. The topological polar surface area (TPSA) is 114 Å². The van der Waals surface area contributed by atoms with Crippen LogP contribution < -0.4 is 16.0 Å². The molecule has 3 N–H and O–H groups in total. The zero-order valence-corrected chi connectivity index (χ0v) is 16.9. The van der Waals surface area contributed by atoms with Crippen LogP contribution in [0.4, 0.5) is 13.6 Å². The Kier molecular flexibility index (Phi) is 7.48. The number of ether oxygens (including phenoxy) is 1. The zero-order chi connectivity index (χ0) is 23.1. The number of amides is 3. The summed E-state index contributed by atoms with van der Waals surface area (Å²) < 4.78 is 32.6. The molecule has 1 aliphatic rings. The van der Waals surface area contributed by atoms with Crippen molar-refractivity contribution in [3.05, 3.63) is 71.3 Å². The molecule has 1 aliphatic heterocycles. The molecule has 0 radical (unpaired) electrons. The molecule has 0 saturated carbocycles. The second-order valence-electron chi connectivity index (χ2n) is 7.17. The van der Waals surface area contributed by atoms with Crippen LogP contribution in [-0.4, -0.2) is 36.3 Å². The Morgan fingerprint density at radius 3 is 2.47 bits per heavy atom. The third kappa shape index (κ3) is 6.10. The van der Waals surface area contributed by atoms with E-state index in [2.05, 4.69) is 16.0 Å². The predicted octanol–water partition coefficient (Wildman–Crippen LogP) is 1.90. The summed E-state index contributed by atoms with van der Waals surface area (Å²) in [6.07, 6.45) is -0.385. The van der Waals surface area contributed by atoms with Crippen LogP contribution >= 0.6 is 0 Å². The van der Waals surface area contributed by atoms with Crippen molar-refractivity contribution in [2.24, 2.45) is 0 Å². The zero-order valence-electron chi connectivity index (χ0n) is 16.9. The van der Waals surface area contributed by atoms with E-state index in [0.29, 0.717) is 18.1 Å². The van der Waals surface area contributed by atoms with Crippen LogP contribution in [0.3, 0.4) is 0 Å². The van der Waals surface area contributed by atoms with Gasteiger partial charge in [-0.1, -0.05) is 30.3 Å². The summed E-state index contributed by atoms with van der Waals surface area (Å²) in [6.45, 7) is 0.180. The van der Waals surface area contributed by atoms with E-state index in [1.807, 2.05) is 0 Å². The number of carbonyl (C=O) groups is 4. The summed E-state index contributed by atoms with van der Waals surface area (Å²) in [5.74, 6) is -4.51. The maximum atomic E-state index is 13.8. The van der Waals surface area contributed by atoms with Crippen molar-refractivity contribution < 1.29 is 32.7 Å². The van der Waals surface area contributed by atoms with Crippen molar-refractivity contribution >= 4 is 23.7 Å². The van der Waals surface area contributed by atoms with Crippen molar-refractivity contribution in [3.63, 3.8) is 0 Å². The molecule has 0 aromatic heterocycles. The van der Waals surface area contributed by atoms with E-state index < -0.39 is 47.4 Å². The molecule has 2 atom stereocenters. The third-order valence-corrected chi connectivity index (χ3v) is 4.77. The van der Waals surface area contributed by atoms with E-state index in [9.17, 15) is 28.0 Å². The van der Waals surface area contributed by atoms with Crippen LogP contribution in [0, 0.1) is 11.6 Å². The minimum absolute atomic E-state index is 0.0974. The molecule has 32 heavy (non-hydrogen) atoms. The molecule has 10 heteroatoms. The number of hydrogen-bond donors (Lipinski definition) is 3. The Hall–Kier alpha value is -3.82. The summed E-state index contributed by atoms with van der Waals surface area (Å²) in [5, 5.41) is 7.07. The van der Waals surface area contributed by atoms with Gasteiger partial charge < -0.3 is 20.7 Å². The normalized spacial score (nSPS) is 17.0. The van der Waals surface area contributed by atoms with Gasteiger partial charge in [0.05, 0.1) is 6.04 Å². The van der Waals surface area contributed by atoms with E-state index in [0.717, 1.165) is 12.1 Å². The number of ketones is 1. The van der Waals surface area contributed by atoms with Gasteiger partial charge in [0.25, 0.3) is 5.91 Å². The monoisotopic (exact) mass is 445 g/mol. The Morgan fingerprint density at radius 1 is 1.09 bits per heavy atom. The Labute approximate surface area is 182 Å². The standard InChI is InChI=1S/C22H21F2N3O5/c23-15-9-14(10-16(24)11-15)18(27-22(31)32-12-13-5-2-1-3-6-13)20(29)26-17-7-4-8-25-21(30)19(17)28/h1-3,5-6,9-11,17-18H,4,7-8,12H2,(H,25,30)(H,26,29)(H,27,31). The van der Waals surface area contributed by atoms with Crippen molar-refractivity contribution in [2.45, 2.75) is 31.5 Å². The SMILES string of the molecule is O=C(NC(C(=O)NC1CCCNC(=O)C1=O)c1cc(F)cc(F)c1)OCc1ccccc1. The van der Waals surface area contributed by atoms with Gasteiger partial charge in [0, 0.05) is 12.6 Å². The van der Waals surface area contributed by atoms with Crippen LogP contribution in [-0.2, 0) is 25.7 Å². The smallest absolute Gasteiger partial charge is 0.408 e. The minimum atomic E-state index is -1.57. The fraction of sp³-hybridized carbons (Fsp3) is 0.273. The molecular formula is C22H21F2N3O5. The molecule has 0 aliphatic carbocycles. The molecule has 2 unspecified atom stereocenters. The lowest BCUT2D eigenvalue weighted by atomic mass is 10.0. The summed E-state index contributed by atoms with van der Waals surface area (Å²) in [7, 11) is 0. The van der Waals surface area contributed by atoms with Gasteiger partial charge >= 0.3 is 6.09 Å². The quantitative estimate of drug-likeness (QED) is 0.588. The van der Waals surface area contributed by atoms with Crippen molar-refractivity contribution in [1.29, 1.82) is 0 Å². The van der Waals surface area contributed by atoms with E-state index in [1.165, 1.54) is 0 Å². The second-order valence-corrected chi connectivity index (χ2v) is 7.17. The second kappa shape index (κ2) is 10.5. The van der Waals surface area contributed by atoms with Crippen LogP contribution in [0.25, 0.3) is 0 Å². The van der Waals surface area contributed by atoms with Crippen LogP contribution in [0.15, 0.2) is 48.5 Å². The van der Waals surface area contributed by atoms with Gasteiger partial charge in [0.15, 0.2) is 0 Å². The lowest BCUT2D eigenvalue weighted by Crippen LogP contribution is -2.49. The van der Waals surface area contributed by atoms with Gasteiger partial charge in [-0.2, -0.15) is 0 Å². The fourth-order valence-electron chi connectivity index (χ4n) is 3.20. The number of rotatable bonds is 6. The van der Waals surface area contributed by atoms with E-state index in [4.69, 9.17) is 4.74 Å². The molecule has 2 aromatic rings. The van der Waals surface area contributed by atoms with Gasteiger partial charge in [-0.05, 0) is 36.1 Å². The predicted molar refractivity (Wildman–Crippen MR) is 108 cm³/mol.